The number of Topliss-reactive ketones (excluding diaryl/α,β-unsaturated/α-hetero) is 1. The highest BCUT2D eigenvalue weighted by Gasteiger charge is 2.48. The molecule has 8 heteroatoms. The van der Waals surface area contributed by atoms with Crippen molar-refractivity contribution in [2.24, 2.45) is 0 Å². The van der Waals surface area contributed by atoms with Gasteiger partial charge in [-0.2, -0.15) is 0 Å². The molecule has 4 rings (SSSR count). The fraction of sp³-hybridized carbons (Fsp3) is 0.0500. The van der Waals surface area contributed by atoms with Crippen LogP contribution in [0.2, 0.25) is 5.02 Å². The van der Waals surface area contributed by atoms with Gasteiger partial charge in [-0.3, -0.25) is 14.5 Å². The van der Waals surface area contributed by atoms with Crippen LogP contribution in [0, 0.1) is 5.82 Å². The molecule has 2 heterocycles. The zero-order valence-corrected chi connectivity index (χ0v) is 15.7. The summed E-state index contributed by atoms with van der Waals surface area (Å²) < 4.78 is 14.6. The molecular formula is C20H12ClFN2O3S. The van der Waals surface area contributed by atoms with Crippen LogP contribution in [0.15, 0.2) is 65.7 Å². The number of carbonyl (C=O) groups excluding carboxylic acids is 2. The number of hydrogen-bond acceptors (Lipinski definition) is 5. The average Bonchev–Trinajstić information content (AvgIpc) is 3.30. The minimum Gasteiger partial charge on any atom is -0.507 e. The van der Waals surface area contributed by atoms with Crippen molar-refractivity contribution in [1.82, 2.24) is 4.98 Å². The van der Waals surface area contributed by atoms with Gasteiger partial charge in [0.15, 0.2) is 5.13 Å². The van der Waals surface area contributed by atoms with Gasteiger partial charge in [-0.25, -0.2) is 9.37 Å². The number of benzene rings is 2. The first-order valence-corrected chi connectivity index (χ1v) is 9.45. The quantitative estimate of drug-likeness (QED) is 0.387. The van der Waals surface area contributed by atoms with Crippen LogP contribution in [0.1, 0.15) is 17.2 Å². The minimum absolute atomic E-state index is 0.0902. The predicted molar refractivity (Wildman–Crippen MR) is 105 cm³/mol. The number of rotatable bonds is 3. The summed E-state index contributed by atoms with van der Waals surface area (Å²) in [7, 11) is 0. The molecule has 1 saturated heterocycles. The van der Waals surface area contributed by atoms with Gasteiger partial charge < -0.3 is 5.11 Å². The molecule has 3 aromatic rings. The van der Waals surface area contributed by atoms with Crippen molar-refractivity contribution in [2.75, 3.05) is 4.90 Å². The number of halogens is 2. The van der Waals surface area contributed by atoms with Crippen LogP contribution in [-0.2, 0) is 9.59 Å². The second-order valence-corrected chi connectivity index (χ2v) is 7.32. The van der Waals surface area contributed by atoms with Crippen LogP contribution in [0.25, 0.3) is 5.76 Å². The van der Waals surface area contributed by atoms with Gasteiger partial charge in [0.25, 0.3) is 5.78 Å². The first-order valence-electron chi connectivity index (χ1n) is 8.20. The van der Waals surface area contributed by atoms with E-state index in [0.29, 0.717) is 10.6 Å². The van der Waals surface area contributed by atoms with Crippen molar-refractivity contribution in [2.45, 2.75) is 6.04 Å². The van der Waals surface area contributed by atoms with Crippen molar-refractivity contribution in [1.29, 1.82) is 0 Å². The molecule has 1 atom stereocenters. The summed E-state index contributed by atoms with van der Waals surface area (Å²) in [5.74, 6) is -2.78. The SMILES string of the molecule is O=C1C(=O)N(c2nccs2)C(c2ccccc2F)C1=C(O)c1ccc(Cl)cc1. The lowest BCUT2D eigenvalue weighted by Crippen LogP contribution is -2.29. The number of aromatic nitrogens is 1. The predicted octanol–water partition coefficient (Wildman–Crippen LogP) is 4.56. The summed E-state index contributed by atoms with van der Waals surface area (Å²) in [6.45, 7) is 0. The van der Waals surface area contributed by atoms with Gasteiger partial charge in [0.1, 0.15) is 17.6 Å². The number of nitrogens with zero attached hydrogens (tertiary/aromatic N) is 2. The molecule has 0 bridgehead atoms. The Balaban J connectivity index is 1.96. The molecule has 28 heavy (non-hydrogen) atoms. The van der Waals surface area contributed by atoms with Crippen molar-refractivity contribution < 1.29 is 19.1 Å². The maximum absolute atomic E-state index is 14.6. The van der Waals surface area contributed by atoms with Gasteiger partial charge in [0.05, 0.1) is 5.57 Å². The van der Waals surface area contributed by atoms with Crippen molar-refractivity contribution in [3.05, 3.63) is 87.6 Å². The normalized spacial score (nSPS) is 18.6. The zero-order chi connectivity index (χ0) is 19.8. The number of anilines is 1. The van der Waals surface area contributed by atoms with Gasteiger partial charge in [0, 0.05) is 27.7 Å². The van der Waals surface area contributed by atoms with Gasteiger partial charge in [-0.05, 0) is 30.3 Å². The summed E-state index contributed by atoms with van der Waals surface area (Å²) >= 11 is 7.02. The van der Waals surface area contributed by atoms with E-state index in [1.165, 1.54) is 36.5 Å². The molecule has 1 amide bonds. The monoisotopic (exact) mass is 414 g/mol. The summed E-state index contributed by atoms with van der Waals surface area (Å²) in [5.41, 5.74) is 0.183. The van der Waals surface area contributed by atoms with Gasteiger partial charge >= 0.3 is 5.91 Å². The second-order valence-electron chi connectivity index (χ2n) is 6.01. The molecule has 0 spiro atoms. The smallest absolute Gasteiger partial charge is 0.301 e. The minimum atomic E-state index is -1.14. The van der Waals surface area contributed by atoms with E-state index in [4.69, 9.17) is 11.6 Å². The van der Waals surface area contributed by atoms with E-state index >= 15 is 0 Å². The zero-order valence-electron chi connectivity index (χ0n) is 14.2. The third kappa shape index (κ3) is 2.98. The van der Waals surface area contributed by atoms with Gasteiger partial charge in [0.2, 0.25) is 0 Å². The highest BCUT2D eigenvalue weighted by Crippen LogP contribution is 2.43. The molecule has 140 valence electrons. The van der Waals surface area contributed by atoms with Crippen LogP contribution >= 0.6 is 22.9 Å². The first kappa shape index (κ1) is 18.3. The Morgan fingerprint density at radius 1 is 1.14 bits per heavy atom. The molecule has 0 radical (unpaired) electrons. The van der Waals surface area contributed by atoms with E-state index in [-0.39, 0.29) is 16.3 Å². The molecular weight excluding hydrogens is 403 g/mol. The highest BCUT2D eigenvalue weighted by molar-refractivity contribution is 7.14. The van der Waals surface area contributed by atoms with Gasteiger partial charge in [-0.1, -0.05) is 29.8 Å². The Morgan fingerprint density at radius 2 is 1.86 bits per heavy atom. The molecule has 0 saturated carbocycles. The molecule has 1 aliphatic heterocycles. The van der Waals surface area contributed by atoms with E-state index in [0.717, 1.165) is 16.2 Å². The molecule has 1 aromatic heterocycles. The number of thiazole rings is 1. The summed E-state index contributed by atoms with van der Waals surface area (Å²) in [6.07, 6.45) is 1.48. The summed E-state index contributed by atoms with van der Waals surface area (Å²) in [5, 5.41) is 13.2. The Bertz CT molecular complexity index is 1100. The maximum atomic E-state index is 14.6. The lowest BCUT2D eigenvalue weighted by Gasteiger charge is -2.23. The first-order chi connectivity index (χ1) is 13.5. The largest absolute Gasteiger partial charge is 0.507 e. The molecule has 1 N–H and O–H groups in total. The van der Waals surface area contributed by atoms with Crippen LogP contribution < -0.4 is 4.90 Å². The van der Waals surface area contributed by atoms with Gasteiger partial charge in [-0.15, -0.1) is 11.3 Å². The van der Waals surface area contributed by atoms with E-state index < -0.39 is 29.3 Å². The van der Waals surface area contributed by atoms with E-state index in [1.807, 2.05) is 0 Å². The lowest BCUT2D eigenvalue weighted by molar-refractivity contribution is -0.132. The molecule has 5 nitrogen and oxygen atoms in total. The standard InChI is InChI=1S/C20H12ClFN2O3S/c21-12-7-5-11(6-8-12)17(25)15-16(13-3-1-2-4-14(13)22)24(19(27)18(15)26)20-23-9-10-28-20/h1-10,16,25H. The second kappa shape index (κ2) is 7.18. The number of amides is 1. The molecule has 2 aromatic carbocycles. The van der Waals surface area contributed by atoms with E-state index in [1.54, 1.807) is 23.6 Å². The number of hydrogen-bond donors (Lipinski definition) is 1. The number of carbonyl (C=O) groups is 2. The Morgan fingerprint density at radius 3 is 2.50 bits per heavy atom. The van der Waals surface area contributed by atoms with E-state index in [9.17, 15) is 19.1 Å². The maximum Gasteiger partial charge on any atom is 0.301 e. The number of ketones is 1. The van der Waals surface area contributed by atoms with Crippen molar-refractivity contribution in [3.63, 3.8) is 0 Å². The summed E-state index contributed by atoms with van der Waals surface area (Å²) in [4.78, 5) is 30.8. The fourth-order valence-electron chi connectivity index (χ4n) is 3.12. The van der Waals surface area contributed by atoms with Crippen LogP contribution in [0.3, 0.4) is 0 Å². The molecule has 1 fully saturated rings. The summed E-state index contributed by atoms with van der Waals surface area (Å²) in [6, 6.07) is 10.8. The highest BCUT2D eigenvalue weighted by atomic mass is 35.5. The molecule has 1 unspecified atom stereocenters. The van der Waals surface area contributed by atoms with Crippen LogP contribution in [0.5, 0.6) is 0 Å². The Labute approximate surface area is 168 Å². The molecule has 0 aliphatic carbocycles. The molecule has 1 aliphatic rings. The third-order valence-corrected chi connectivity index (χ3v) is 5.41. The van der Waals surface area contributed by atoms with Crippen LogP contribution in [0.4, 0.5) is 9.52 Å². The Hall–Kier alpha value is -3.03. The lowest BCUT2D eigenvalue weighted by atomic mass is 9.95. The van der Waals surface area contributed by atoms with Crippen LogP contribution in [-0.4, -0.2) is 21.8 Å². The number of aliphatic hydroxyl groups is 1. The van der Waals surface area contributed by atoms with Crippen molar-refractivity contribution >= 4 is 45.5 Å². The topological polar surface area (TPSA) is 70.5 Å². The fourth-order valence-corrected chi connectivity index (χ4v) is 3.91. The Kier molecular flexibility index (Phi) is 4.70. The average molecular weight is 415 g/mol. The third-order valence-electron chi connectivity index (χ3n) is 4.39. The van der Waals surface area contributed by atoms with E-state index in [2.05, 4.69) is 4.98 Å². The van der Waals surface area contributed by atoms with Crippen molar-refractivity contribution in [3.8, 4) is 0 Å². The number of aliphatic hydroxyl groups excluding tert-OH is 1.